The molecule has 3 saturated heterocycles. The molecule has 3 aliphatic heterocycles. The average Bonchev–Trinajstić information content (AvgIpc) is 3.54. The molecule has 0 saturated carbocycles. The molecule has 1 unspecified atom stereocenters. The lowest BCUT2D eigenvalue weighted by Crippen LogP contribution is -2.63. The molecule has 3 fully saturated rings. The van der Waals surface area contributed by atoms with Crippen LogP contribution in [0.15, 0.2) is 18.6 Å². The fraction of sp³-hybridized carbons (Fsp3) is 0.720. The van der Waals surface area contributed by atoms with Crippen LogP contribution >= 0.6 is 0 Å². The Morgan fingerprint density at radius 2 is 1.95 bits per heavy atom. The third-order valence-electron chi connectivity index (χ3n) is 7.42. The Morgan fingerprint density at radius 1 is 1.23 bits per heavy atom. The lowest BCUT2D eigenvalue weighted by atomic mass is 9.94. The van der Waals surface area contributed by atoms with Gasteiger partial charge in [-0.25, -0.2) is 14.8 Å². The minimum atomic E-state index is -4.62. The molecular weight excluding hydrogens is 521 g/mol. The number of carbonyl (C=O) groups is 1. The minimum absolute atomic E-state index is 0.0804. The summed E-state index contributed by atoms with van der Waals surface area (Å²) in [5.74, 6) is -0.657. The van der Waals surface area contributed by atoms with Crippen LogP contribution in [0.3, 0.4) is 0 Å². The molecule has 0 spiro atoms. The van der Waals surface area contributed by atoms with Gasteiger partial charge in [-0.15, -0.1) is 0 Å². The number of hydrogen-bond donors (Lipinski definition) is 2. The SMILES string of the molecule is CC(C)(C)OC(=O)NCC1(C(F)(F)F)CCCN1C[C@H]1O[C@@H](n2ccc3c(N)ncnc32)[C@@H]2OC(C)(C)O[C@@H]21. The number of aromatic nitrogens is 3. The number of nitrogens with zero attached hydrogens (tertiary/aromatic N) is 4. The molecule has 0 bridgehead atoms. The second-order valence-electron chi connectivity index (χ2n) is 11.8. The molecule has 14 heteroatoms. The van der Waals surface area contributed by atoms with Crippen molar-refractivity contribution in [3.05, 3.63) is 18.6 Å². The summed E-state index contributed by atoms with van der Waals surface area (Å²) in [5, 5.41) is 2.98. The zero-order valence-electron chi connectivity index (χ0n) is 22.6. The molecule has 0 aromatic carbocycles. The maximum Gasteiger partial charge on any atom is 0.408 e. The van der Waals surface area contributed by atoms with E-state index in [4.69, 9.17) is 24.7 Å². The molecular formula is C25H35F3N6O5. The number of nitrogens with one attached hydrogen (secondary N) is 1. The van der Waals surface area contributed by atoms with Crippen molar-refractivity contribution in [1.82, 2.24) is 24.8 Å². The first kappa shape index (κ1) is 27.9. The summed E-state index contributed by atoms with van der Waals surface area (Å²) in [6, 6.07) is 1.76. The molecule has 5 rings (SSSR count). The highest BCUT2D eigenvalue weighted by Crippen LogP contribution is 2.47. The number of ether oxygens (including phenoxy) is 4. The van der Waals surface area contributed by atoms with E-state index in [2.05, 4.69) is 15.3 Å². The van der Waals surface area contributed by atoms with Crippen LogP contribution < -0.4 is 11.1 Å². The molecule has 2 aromatic rings. The largest absolute Gasteiger partial charge is 0.444 e. The van der Waals surface area contributed by atoms with Gasteiger partial charge in [-0.1, -0.05) is 0 Å². The van der Waals surface area contributed by atoms with Gasteiger partial charge in [0.2, 0.25) is 0 Å². The van der Waals surface area contributed by atoms with Crippen molar-refractivity contribution in [2.45, 2.75) is 95.1 Å². The van der Waals surface area contributed by atoms with Crippen molar-refractivity contribution >= 4 is 22.9 Å². The van der Waals surface area contributed by atoms with Gasteiger partial charge in [0.05, 0.1) is 5.39 Å². The number of nitrogen functional groups attached to an aromatic ring is 1. The third-order valence-corrected chi connectivity index (χ3v) is 7.42. The Morgan fingerprint density at radius 3 is 2.64 bits per heavy atom. The summed E-state index contributed by atoms with van der Waals surface area (Å²) in [6.07, 6.45) is -4.98. The summed E-state index contributed by atoms with van der Waals surface area (Å²) in [4.78, 5) is 21.9. The Labute approximate surface area is 224 Å². The molecule has 3 aliphatic rings. The molecule has 3 N–H and O–H groups in total. The number of anilines is 1. The zero-order chi connectivity index (χ0) is 28.4. The fourth-order valence-corrected chi connectivity index (χ4v) is 5.80. The van der Waals surface area contributed by atoms with Crippen molar-refractivity contribution in [1.29, 1.82) is 0 Å². The summed E-state index contributed by atoms with van der Waals surface area (Å²) in [7, 11) is 0. The van der Waals surface area contributed by atoms with Gasteiger partial charge < -0.3 is 34.6 Å². The number of halogens is 3. The van der Waals surface area contributed by atoms with E-state index < -0.39 is 60.3 Å². The van der Waals surface area contributed by atoms with Crippen molar-refractivity contribution in [2.24, 2.45) is 0 Å². The maximum absolute atomic E-state index is 14.7. The predicted molar refractivity (Wildman–Crippen MR) is 134 cm³/mol. The first-order chi connectivity index (χ1) is 18.1. The number of nitrogens with two attached hydrogens (primary N) is 1. The van der Waals surface area contributed by atoms with Crippen LogP contribution in [0.5, 0.6) is 0 Å². The van der Waals surface area contributed by atoms with Crippen LogP contribution in [0.2, 0.25) is 0 Å². The van der Waals surface area contributed by atoms with Gasteiger partial charge in [0.15, 0.2) is 12.0 Å². The lowest BCUT2D eigenvalue weighted by molar-refractivity contribution is -0.231. The smallest absolute Gasteiger partial charge is 0.408 e. The van der Waals surface area contributed by atoms with Crippen LogP contribution in [0.25, 0.3) is 11.0 Å². The number of fused-ring (bicyclic) bond motifs is 2. The van der Waals surface area contributed by atoms with Gasteiger partial charge in [-0.05, 0) is 60.1 Å². The third kappa shape index (κ3) is 5.14. The fourth-order valence-electron chi connectivity index (χ4n) is 5.80. The highest BCUT2D eigenvalue weighted by Gasteiger charge is 2.63. The molecule has 39 heavy (non-hydrogen) atoms. The monoisotopic (exact) mass is 556 g/mol. The van der Waals surface area contributed by atoms with Crippen LogP contribution in [-0.4, -0.2) is 86.6 Å². The Balaban J connectivity index is 1.41. The first-order valence-corrected chi connectivity index (χ1v) is 13.0. The van der Waals surface area contributed by atoms with E-state index >= 15 is 0 Å². The molecule has 216 valence electrons. The van der Waals surface area contributed by atoms with Crippen molar-refractivity contribution < 1.29 is 36.9 Å². The second kappa shape index (κ2) is 9.46. The quantitative estimate of drug-likeness (QED) is 0.570. The summed E-state index contributed by atoms with van der Waals surface area (Å²) >= 11 is 0. The zero-order valence-corrected chi connectivity index (χ0v) is 22.6. The highest BCUT2D eigenvalue weighted by molar-refractivity contribution is 5.86. The molecule has 0 radical (unpaired) electrons. The van der Waals surface area contributed by atoms with Crippen LogP contribution in [0.4, 0.5) is 23.8 Å². The van der Waals surface area contributed by atoms with Gasteiger partial charge in [-0.3, -0.25) is 4.90 Å². The van der Waals surface area contributed by atoms with E-state index in [1.54, 1.807) is 51.4 Å². The van der Waals surface area contributed by atoms with E-state index in [1.807, 2.05) is 0 Å². The molecule has 2 aromatic heterocycles. The van der Waals surface area contributed by atoms with Gasteiger partial charge in [-0.2, -0.15) is 13.2 Å². The van der Waals surface area contributed by atoms with Crippen molar-refractivity contribution in [3.8, 4) is 0 Å². The molecule has 5 atom stereocenters. The molecule has 11 nitrogen and oxygen atoms in total. The average molecular weight is 557 g/mol. The predicted octanol–water partition coefficient (Wildman–Crippen LogP) is 3.35. The Kier molecular flexibility index (Phi) is 6.76. The second-order valence-corrected chi connectivity index (χ2v) is 11.8. The van der Waals surface area contributed by atoms with E-state index in [-0.39, 0.29) is 19.5 Å². The van der Waals surface area contributed by atoms with Crippen molar-refractivity contribution in [3.63, 3.8) is 0 Å². The number of alkyl carbamates (subject to hydrolysis) is 1. The Hall–Kier alpha value is -2.68. The number of amides is 1. The van der Waals surface area contributed by atoms with Gasteiger partial charge >= 0.3 is 12.3 Å². The van der Waals surface area contributed by atoms with Crippen LogP contribution in [-0.2, 0) is 18.9 Å². The number of carbonyl (C=O) groups excluding carboxylic acids is 1. The van der Waals surface area contributed by atoms with Gasteiger partial charge in [0.1, 0.15) is 47.2 Å². The molecule has 1 amide bonds. The lowest BCUT2D eigenvalue weighted by Gasteiger charge is -2.41. The normalized spacial score (nSPS) is 31.1. The number of likely N-dealkylation sites (tertiary alicyclic amines) is 1. The minimum Gasteiger partial charge on any atom is -0.444 e. The highest BCUT2D eigenvalue weighted by atomic mass is 19.4. The number of rotatable bonds is 5. The molecule has 5 heterocycles. The topological polar surface area (TPSA) is 126 Å². The Bertz CT molecular complexity index is 1230. The number of hydrogen-bond acceptors (Lipinski definition) is 9. The molecule has 0 aliphatic carbocycles. The van der Waals surface area contributed by atoms with E-state index in [0.29, 0.717) is 23.3 Å². The van der Waals surface area contributed by atoms with Gasteiger partial charge in [0.25, 0.3) is 0 Å². The maximum atomic E-state index is 14.7. The van der Waals surface area contributed by atoms with Gasteiger partial charge in [0, 0.05) is 19.3 Å². The summed E-state index contributed by atoms with van der Waals surface area (Å²) in [6.45, 7) is 7.92. The van der Waals surface area contributed by atoms with E-state index in [1.165, 1.54) is 11.2 Å². The van der Waals surface area contributed by atoms with Crippen molar-refractivity contribution in [2.75, 3.05) is 25.4 Å². The summed E-state index contributed by atoms with van der Waals surface area (Å²) in [5.41, 5.74) is 3.40. The first-order valence-electron chi connectivity index (χ1n) is 13.0. The standard InChI is InChI=1S/C25H35F3N6O5/c1-22(2,3)39-21(35)30-12-24(25(26,27)28)8-6-9-33(24)11-15-16-17(38-23(4,5)37-16)20(36-15)34-10-7-14-18(29)31-13-32-19(14)34/h7,10,13,15-17,20H,6,8-9,11-12H2,1-5H3,(H,30,35)(H2,29,31,32)/t15-,16-,17-,20-,24?/m1/s1. The van der Waals surface area contributed by atoms with E-state index in [9.17, 15) is 18.0 Å². The van der Waals surface area contributed by atoms with Crippen LogP contribution in [0.1, 0.15) is 53.7 Å². The van der Waals surface area contributed by atoms with E-state index in [0.717, 1.165) is 0 Å². The van der Waals surface area contributed by atoms with Crippen LogP contribution in [0, 0.1) is 0 Å². The number of alkyl halides is 3. The summed E-state index contributed by atoms with van der Waals surface area (Å²) < 4.78 is 69.6.